The van der Waals surface area contributed by atoms with E-state index in [1.165, 1.54) is 5.56 Å². The van der Waals surface area contributed by atoms with E-state index in [-0.39, 0.29) is 17.7 Å². The zero-order valence-electron chi connectivity index (χ0n) is 29.0. The second kappa shape index (κ2) is 14.5. The van der Waals surface area contributed by atoms with Crippen molar-refractivity contribution in [1.29, 1.82) is 0 Å². The molecule has 10 nitrogen and oxygen atoms in total. The molecule has 10 heteroatoms. The first-order valence-corrected chi connectivity index (χ1v) is 17.7. The number of hydrogen-bond acceptors (Lipinski definition) is 7. The molecule has 3 unspecified atom stereocenters. The number of nitrogens with zero attached hydrogens (tertiary/aromatic N) is 6. The molecule has 2 aromatic heterocycles. The number of nitrogens with one attached hydrogen (secondary N) is 2. The van der Waals surface area contributed by atoms with Gasteiger partial charge in [-0.25, -0.2) is 9.97 Å². The highest BCUT2D eigenvalue weighted by atomic mass is 16.2. The molecule has 0 saturated carbocycles. The van der Waals surface area contributed by atoms with Gasteiger partial charge in [0.2, 0.25) is 11.8 Å². The third-order valence-corrected chi connectivity index (χ3v) is 10.8. The number of allylic oxidation sites excluding steroid dienone is 3. The molecule has 4 aromatic rings. The molecule has 4 heterocycles. The van der Waals surface area contributed by atoms with Gasteiger partial charge in [-0.15, -0.1) is 6.58 Å². The number of aryl methyl sites for hydroxylation is 1. The van der Waals surface area contributed by atoms with Gasteiger partial charge in [0.1, 0.15) is 0 Å². The van der Waals surface area contributed by atoms with Crippen molar-refractivity contribution in [2.24, 2.45) is 11.3 Å². The highest BCUT2D eigenvalue weighted by Crippen LogP contribution is 2.40. The van der Waals surface area contributed by atoms with Crippen LogP contribution in [0.15, 0.2) is 91.8 Å². The molecule has 2 amide bonds. The van der Waals surface area contributed by atoms with Crippen molar-refractivity contribution in [3.63, 3.8) is 0 Å². The monoisotopic (exact) mass is 670 g/mol. The Morgan fingerprint density at radius 1 is 1.08 bits per heavy atom. The molecule has 2 aromatic carbocycles. The van der Waals surface area contributed by atoms with Gasteiger partial charge in [0.05, 0.1) is 23.2 Å². The van der Waals surface area contributed by atoms with E-state index in [2.05, 4.69) is 98.2 Å². The third kappa shape index (κ3) is 6.90. The predicted molar refractivity (Wildman–Crippen MR) is 198 cm³/mol. The first-order valence-electron chi connectivity index (χ1n) is 17.7. The number of carbonyl (C=O) groups excluding carboxylic acids is 2. The molecule has 0 bridgehead atoms. The molecule has 258 valence electrons. The van der Waals surface area contributed by atoms with Crippen LogP contribution in [0.1, 0.15) is 37.6 Å². The van der Waals surface area contributed by atoms with Crippen LogP contribution in [0.4, 0.5) is 5.69 Å². The molecule has 3 aliphatic rings. The fourth-order valence-corrected chi connectivity index (χ4v) is 7.62. The van der Waals surface area contributed by atoms with E-state index in [4.69, 9.17) is 0 Å². The highest BCUT2D eigenvalue weighted by Gasteiger charge is 2.48. The van der Waals surface area contributed by atoms with E-state index in [1.807, 2.05) is 35.2 Å². The van der Waals surface area contributed by atoms with Gasteiger partial charge in [-0.2, -0.15) is 5.10 Å². The molecule has 0 radical (unpaired) electrons. The maximum Gasteiger partial charge on any atom is 0.236 e. The molecule has 3 atom stereocenters. The van der Waals surface area contributed by atoms with Crippen LogP contribution in [0, 0.1) is 18.3 Å². The third-order valence-electron chi connectivity index (χ3n) is 10.8. The normalized spacial score (nSPS) is 22.2. The molecule has 2 fully saturated rings. The SMILES string of the molecule is C=CC(C)C1(C(=O)Nc2ccc3[nH]nc(-c4ccc(C)cc4)c3c2)CCN(CC(=O)N2CCCN(C3C=CC(c4ncccn4)=CC3)CC2)C1. The van der Waals surface area contributed by atoms with Gasteiger partial charge >= 0.3 is 0 Å². The molecular formula is C40H46N8O2. The Morgan fingerprint density at radius 3 is 2.66 bits per heavy atom. The lowest BCUT2D eigenvalue weighted by atomic mass is 9.74. The summed E-state index contributed by atoms with van der Waals surface area (Å²) in [6.45, 7) is 12.9. The summed E-state index contributed by atoms with van der Waals surface area (Å²) < 4.78 is 0. The molecular weight excluding hydrogens is 624 g/mol. The number of likely N-dealkylation sites (tertiary alicyclic amines) is 1. The van der Waals surface area contributed by atoms with Crippen LogP contribution in [0.5, 0.6) is 0 Å². The van der Waals surface area contributed by atoms with Crippen molar-refractivity contribution < 1.29 is 9.59 Å². The fraction of sp³-hybridized carbons (Fsp3) is 0.375. The number of aromatic nitrogens is 4. The number of anilines is 1. The van der Waals surface area contributed by atoms with E-state index in [1.54, 1.807) is 12.4 Å². The van der Waals surface area contributed by atoms with E-state index in [9.17, 15) is 9.59 Å². The van der Waals surface area contributed by atoms with Crippen LogP contribution in [0.2, 0.25) is 0 Å². The first-order chi connectivity index (χ1) is 24.3. The summed E-state index contributed by atoms with van der Waals surface area (Å²) in [5, 5.41) is 11.9. The number of hydrogen-bond donors (Lipinski definition) is 2. The summed E-state index contributed by atoms with van der Waals surface area (Å²) in [5.74, 6) is 0.776. The van der Waals surface area contributed by atoms with Crippen molar-refractivity contribution in [3.05, 3.63) is 103 Å². The summed E-state index contributed by atoms with van der Waals surface area (Å²) in [7, 11) is 0. The molecule has 7 rings (SSSR count). The predicted octanol–water partition coefficient (Wildman–Crippen LogP) is 5.73. The summed E-state index contributed by atoms with van der Waals surface area (Å²) >= 11 is 0. The maximum atomic E-state index is 14.1. The molecule has 2 saturated heterocycles. The topological polar surface area (TPSA) is 110 Å². The highest BCUT2D eigenvalue weighted by molar-refractivity contribution is 6.00. The zero-order valence-corrected chi connectivity index (χ0v) is 29.0. The molecule has 0 spiro atoms. The Bertz CT molecular complexity index is 1920. The van der Waals surface area contributed by atoms with Crippen molar-refractivity contribution in [3.8, 4) is 11.3 Å². The van der Waals surface area contributed by atoms with Gasteiger partial charge < -0.3 is 10.2 Å². The smallest absolute Gasteiger partial charge is 0.236 e. The van der Waals surface area contributed by atoms with Crippen molar-refractivity contribution in [2.75, 3.05) is 51.1 Å². The fourth-order valence-electron chi connectivity index (χ4n) is 7.62. The number of carbonyl (C=O) groups is 2. The van der Waals surface area contributed by atoms with Crippen LogP contribution in [0.3, 0.4) is 0 Å². The zero-order chi connectivity index (χ0) is 34.7. The summed E-state index contributed by atoms with van der Waals surface area (Å²) in [6, 6.07) is 16.3. The van der Waals surface area contributed by atoms with Crippen LogP contribution >= 0.6 is 0 Å². The van der Waals surface area contributed by atoms with Gasteiger partial charge in [-0.3, -0.25) is 24.5 Å². The number of rotatable bonds is 9. The number of H-pyrrole nitrogens is 1. The van der Waals surface area contributed by atoms with E-state index < -0.39 is 5.41 Å². The average molecular weight is 671 g/mol. The second-order valence-electron chi connectivity index (χ2n) is 14.0. The minimum atomic E-state index is -0.687. The minimum Gasteiger partial charge on any atom is -0.340 e. The van der Waals surface area contributed by atoms with Crippen LogP contribution in [-0.4, -0.2) is 98.5 Å². The molecule has 50 heavy (non-hydrogen) atoms. The minimum absolute atomic E-state index is 0.0402. The summed E-state index contributed by atoms with van der Waals surface area (Å²) in [4.78, 5) is 43.2. The lowest BCUT2D eigenvalue weighted by molar-refractivity contribution is -0.133. The Morgan fingerprint density at radius 2 is 1.90 bits per heavy atom. The van der Waals surface area contributed by atoms with Gasteiger partial charge in [-0.1, -0.05) is 61.1 Å². The van der Waals surface area contributed by atoms with Gasteiger partial charge in [0.25, 0.3) is 0 Å². The average Bonchev–Trinajstić information content (AvgIpc) is 3.69. The molecule has 2 aliphatic heterocycles. The number of fused-ring (bicyclic) bond motifs is 1. The second-order valence-corrected chi connectivity index (χ2v) is 14.0. The van der Waals surface area contributed by atoms with E-state index in [0.29, 0.717) is 38.6 Å². The lowest BCUT2D eigenvalue weighted by Gasteiger charge is -2.33. The number of benzene rings is 2. The van der Waals surface area contributed by atoms with Crippen molar-refractivity contribution >= 4 is 34.0 Å². The Kier molecular flexibility index (Phi) is 9.74. The summed E-state index contributed by atoms with van der Waals surface area (Å²) in [6.07, 6.45) is 14.5. The maximum absolute atomic E-state index is 14.1. The van der Waals surface area contributed by atoms with Crippen LogP contribution < -0.4 is 5.32 Å². The molecule has 1 aliphatic carbocycles. The number of amides is 2. The Balaban J connectivity index is 0.969. The number of aromatic amines is 1. The van der Waals surface area contributed by atoms with E-state index >= 15 is 0 Å². The van der Waals surface area contributed by atoms with E-state index in [0.717, 1.165) is 71.7 Å². The Labute approximate surface area is 294 Å². The quantitative estimate of drug-likeness (QED) is 0.219. The van der Waals surface area contributed by atoms with Crippen LogP contribution in [-0.2, 0) is 9.59 Å². The van der Waals surface area contributed by atoms with Gasteiger partial charge in [0.15, 0.2) is 5.82 Å². The summed E-state index contributed by atoms with van der Waals surface area (Å²) in [5.41, 5.74) is 5.07. The van der Waals surface area contributed by atoms with Gasteiger partial charge in [0, 0.05) is 73.4 Å². The van der Waals surface area contributed by atoms with Crippen LogP contribution in [0.25, 0.3) is 27.7 Å². The first kappa shape index (κ1) is 33.6. The largest absolute Gasteiger partial charge is 0.340 e. The molecule has 2 N–H and O–H groups in total. The Hall–Kier alpha value is -4.93. The van der Waals surface area contributed by atoms with Gasteiger partial charge in [-0.05, 0) is 62.9 Å². The lowest BCUT2D eigenvalue weighted by Crippen LogP contribution is -2.46. The van der Waals surface area contributed by atoms with Crippen molar-refractivity contribution in [1.82, 2.24) is 34.9 Å². The standard InChI is InChI=1S/C40H46N8O2/c1-4-29(3)40(39(50)43-32-13-16-35-34(25-32)37(45-44-35)30-9-7-28(2)8-10-30)17-22-46(27-40)26-36(49)48-21-6-20-47(23-24-48)33-14-11-31(12-15-33)38-41-18-5-19-42-38/h4-5,7-14,16,18-19,25,29,33H,1,6,15,17,20-24,26-27H2,2-3H3,(H,43,50)(H,44,45). The van der Waals surface area contributed by atoms with Crippen molar-refractivity contribution in [2.45, 2.75) is 39.2 Å².